The first kappa shape index (κ1) is 22.2. The van der Waals surface area contributed by atoms with Crippen molar-refractivity contribution in [2.45, 2.75) is 19.3 Å². The monoisotopic (exact) mass is 498 g/mol. The molecule has 2 aromatic heterocycles. The fourth-order valence-electron chi connectivity index (χ4n) is 6.39. The van der Waals surface area contributed by atoms with Gasteiger partial charge >= 0.3 is 0 Å². The summed E-state index contributed by atoms with van der Waals surface area (Å²) in [7, 11) is 0. The zero-order valence-electron chi connectivity index (χ0n) is 21.9. The summed E-state index contributed by atoms with van der Waals surface area (Å²) >= 11 is 0. The molecule has 2 heterocycles. The highest BCUT2D eigenvalue weighted by Crippen LogP contribution is 2.51. The van der Waals surface area contributed by atoms with Crippen molar-refractivity contribution in [2.24, 2.45) is 0 Å². The van der Waals surface area contributed by atoms with Crippen molar-refractivity contribution in [1.29, 1.82) is 0 Å². The molecule has 0 aliphatic heterocycles. The molecule has 0 unspecified atom stereocenters. The molecule has 0 amide bonds. The van der Waals surface area contributed by atoms with Crippen LogP contribution in [0.1, 0.15) is 25.0 Å². The van der Waals surface area contributed by atoms with E-state index in [-0.39, 0.29) is 5.41 Å². The van der Waals surface area contributed by atoms with Gasteiger partial charge in [0.2, 0.25) is 0 Å². The average molecular weight is 499 g/mol. The minimum Gasteiger partial charge on any atom is -0.248 e. The molecule has 2 nitrogen and oxygen atoms in total. The summed E-state index contributed by atoms with van der Waals surface area (Å²) in [4.78, 5) is 10.1. The predicted molar refractivity (Wildman–Crippen MR) is 163 cm³/mol. The van der Waals surface area contributed by atoms with Gasteiger partial charge < -0.3 is 0 Å². The highest BCUT2D eigenvalue weighted by atomic mass is 14.7. The maximum atomic E-state index is 5.22. The molecular weight excluding hydrogens is 472 g/mol. The quantitative estimate of drug-likeness (QED) is 0.222. The first-order chi connectivity index (χ1) is 19.1. The minimum atomic E-state index is -0.0609. The lowest BCUT2D eigenvalue weighted by Crippen LogP contribution is -2.14. The minimum absolute atomic E-state index is 0.0609. The Morgan fingerprint density at radius 2 is 1.21 bits per heavy atom. The van der Waals surface area contributed by atoms with Crippen molar-refractivity contribution < 1.29 is 0 Å². The Bertz CT molecular complexity index is 2080. The number of pyridine rings is 2. The van der Waals surface area contributed by atoms with E-state index in [4.69, 9.17) is 9.97 Å². The molecular formula is C37H26N2. The van der Waals surface area contributed by atoms with Gasteiger partial charge in [0.05, 0.1) is 22.4 Å². The Hall–Kier alpha value is -4.82. The van der Waals surface area contributed by atoms with E-state index in [0.29, 0.717) is 0 Å². The van der Waals surface area contributed by atoms with Gasteiger partial charge in [-0.2, -0.15) is 0 Å². The largest absolute Gasteiger partial charge is 0.248 e. The van der Waals surface area contributed by atoms with Crippen LogP contribution in [0.3, 0.4) is 0 Å². The van der Waals surface area contributed by atoms with Crippen LogP contribution in [0, 0.1) is 0 Å². The van der Waals surface area contributed by atoms with Crippen molar-refractivity contribution >= 4 is 32.6 Å². The van der Waals surface area contributed by atoms with Crippen LogP contribution in [0.4, 0.5) is 0 Å². The maximum Gasteiger partial charge on any atom is 0.0788 e. The molecule has 39 heavy (non-hydrogen) atoms. The lowest BCUT2D eigenvalue weighted by atomic mass is 9.81. The van der Waals surface area contributed by atoms with Crippen LogP contribution in [-0.4, -0.2) is 9.97 Å². The second kappa shape index (κ2) is 8.09. The van der Waals surface area contributed by atoms with Crippen LogP contribution >= 0.6 is 0 Å². The third kappa shape index (κ3) is 3.28. The van der Waals surface area contributed by atoms with Gasteiger partial charge in [0, 0.05) is 32.7 Å². The molecule has 2 heteroatoms. The summed E-state index contributed by atoms with van der Waals surface area (Å²) in [5.41, 5.74) is 11.6. The predicted octanol–water partition coefficient (Wildman–Crippen LogP) is 9.58. The summed E-state index contributed by atoms with van der Waals surface area (Å²) in [6, 6.07) is 43.4. The summed E-state index contributed by atoms with van der Waals surface area (Å²) in [6.07, 6.45) is 0. The number of rotatable bonds is 2. The van der Waals surface area contributed by atoms with Crippen LogP contribution in [0.5, 0.6) is 0 Å². The Balaban J connectivity index is 1.33. The van der Waals surface area contributed by atoms with Gasteiger partial charge in [0.1, 0.15) is 0 Å². The number of nitrogens with zero attached hydrogens (tertiary/aromatic N) is 2. The molecule has 8 rings (SSSR count). The van der Waals surface area contributed by atoms with Gasteiger partial charge in [-0.3, -0.25) is 0 Å². The molecule has 0 radical (unpaired) electrons. The van der Waals surface area contributed by atoms with Crippen molar-refractivity contribution in [2.75, 3.05) is 0 Å². The summed E-state index contributed by atoms with van der Waals surface area (Å²) in [6.45, 7) is 4.67. The van der Waals surface area contributed by atoms with Gasteiger partial charge in [0.15, 0.2) is 0 Å². The molecule has 0 spiro atoms. The zero-order chi connectivity index (χ0) is 26.1. The van der Waals surface area contributed by atoms with E-state index in [0.717, 1.165) is 38.9 Å². The van der Waals surface area contributed by atoms with E-state index in [1.807, 2.05) is 6.07 Å². The first-order valence-electron chi connectivity index (χ1n) is 13.5. The number of hydrogen-bond donors (Lipinski definition) is 0. The van der Waals surface area contributed by atoms with Crippen LogP contribution in [0.2, 0.25) is 0 Å². The fraction of sp³-hybridized carbons (Fsp3) is 0.0811. The van der Waals surface area contributed by atoms with Crippen molar-refractivity contribution in [3.05, 3.63) is 132 Å². The van der Waals surface area contributed by atoms with E-state index >= 15 is 0 Å². The lowest BCUT2D eigenvalue weighted by molar-refractivity contribution is 0.661. The number of fused-ring (bicyclic) bond motifs is 7. The Morgan fingerprint density at radius 1 is 0.487 bits per heavy atom. The van der Waals surface area contributed by atoms with Crippen LogP contribution in [0.25, 0.3) is 66.2 Å². The van der Waals surface area contributed by atoms with Gasteiger partial charge in [-0.05, 0) is 58.0 Å². The van der Waals surface area contributed by atoms with Crippen LogP contribution < -0.4 is 0 Å². The second-order valence-electron chi connectivity index (χ2n) is 11.1. The number of hydrogen-bond acceptors (Lipinski definition) is 2. The van der Waals surface area contributed by atoms with E-state index in [1.54, 1.807) is 0 Å². The Morgan fingerprint density at radius 3 is 2.08 bits per heavy atom. The van der Waals surface area contributed by atoms with Gasteiger partial charge in [-0.1, -0.05) is 105 Å². The molecule has 0 saturated carbocycles. The molecule has 0 saturated heterocycles. The van der Waals surface area contributed by atoms with E-state index < -0.39 is 0 Å². The summed E-state index contributed by atoms with van der Waals surface area (Å²) in [5.74, 6) is 0. The van der Waals surface area contributed by atoms with Crippen molar-refractivity contribution in [3.8, 4) is 33.6 Å². The highest BCUT2D eigenvalue weighted by Gasteiger charge is 2.35. The third-order valence-corrected chi connectivity index (χ3v) is 8.46. The van der Waals surface area contributed by atoms with E-state index in [2.05, 4.69) is 129 Å². The lowest BCUT2D eigenvalue weighted by Gasteiger charge is -2.22. The number of benzene rings is 5. The number of para-hydroxylation sites is 2. The SMILES string of the molecule is CC1(C)c2ccccc2-c2cc3c(cc21)c(-c1ccc(-c2ccc4ccccc4n2)cc1)nc1ccccc13. The molecule has 1 aliphatic rings. The molecule has 7 aromatic rings. The normalized spacial score (nSPS) is 13.6. The summed E-state index contributed by atoms with van der Waals surface area (Å²) < 4.78 is 0. The Labute approximate surface area is 227 Å². The molecule has 1 aliphatic carbocycles. The first-order valence-corrected chi connectivity index (χ1v) is 13.5. The molecule has 0 atom stereocenters. The van der Waals surface area contributed by atoms with E-state index in [9.17, 15) is 0 Å². The van der Waals surface area contributed by atoms with Crippen LogP contribution in [0.15, 0.2) is 121 Å². The van der Waals surface area contributed by atoms with Crippen LogP contribution in [-0.2, 0) is 5.41 Å². The van der Waals surface area contributed by atoms with Crippen molar-refractivity contribution in [1.82, 2.24) is 9.97 Å². The van der Waals surface area contributed by atoms with Gasteiger partial charge in [0.25, 0.3) is 0 Å². The topological polar surface area (TPSA) is 25.8 Å². The van der Waals surface area contributed by atoms with Crippen molar-refractivity contribution in [3.63, 3.8) is 0 Å². The third-order valence-electron chi connectivity index (χ3n) is 8.46. The molecule has 5 aromatic carbocycles. The molecule has 0 N–H and O–H groups in total. The van der Waals surface area contributed by atoms with Gasteiger partial charge in [-0.15, -0.1) is 0 Å². The maximum absolute atomic E-state index is 5.22. The fourth-order valence-corrected chi connectivity index (χ4v) is 6.39. The molecule has 0 bridgehead atoms. The molecule has 0 fully saturated rings. The molecule has 184 valence electrons. The van der Waals surface area contributed by atoms with E-state index in [1.165, 1.54) is 38.4 Å². The second-order valence-corrected chi connectivity index (χ2v) is 11.1. The highest BCUT2D eigenvalue weighted by molar-refractivity contribution is 6.13. The Kier molecular flexibility index (Phi) is 4.60. The van der Waals surface area contributed by atoms with Gasteiger partial charge in [-0.25, -0.2) is 9.97 Å². The number of aromatic nitrogens is 2. The average Bonchev–Trinajstić information content (AvgIpc) is 3.21. The standard InChI is InChI=1S/C37H26N2/c1-37(2)31-12-6-4-10-26(31)29-21-28-27-11-5-8-14-35(27)39-36(30(28)22-32(29)37)25-17-15-24(16-18-25)34-20-19-23-9-3-7-13-33(23)38-34/h3-22H,1-2H3. The zero-order valence-corrected chi connectivity index (χ0v) is 21.9. The smallest absolute Gasteiger partial charge is 0.0788 e. The summed E-state index contributed by atoms with van der Waals surface area (Å²) in [5, 5.41) is 4.80.